The summed E-state index contributed by atoms with van der Waals surface area (Å²) in [5.41, 5.74) is 6.20. The van der Waals surface area contributed by atoms with Crippen molar-refractivity contribution in [2.24, 2.45) is 4.99 Å². The lowest BCUT2D eigenvalue weighted by atomic mass is 10.3. The third-order valence-electron chi connectivity index (χ3n) is 3.17. The van der Waals surface area contributed by atoms with E-state index in [9.17, 15) is 4.39 Å². The fourth-order valence-corrected chi connectivity index (χ4v) is 3.61. The summed E-state index contributed by atoms with van der Waals surface area (Å²) in [5.74, 6) is -0.487. The minimum Gasteiger partial charge on any atom is -0.397 e. The van der Waals surface area contributed by atoms with Gasteiger partial charge in [0.05, 0.1) is 10.7 Å². The molecule has 0 spiro atoms. The summed E-state index contributed by atoms with van der Waals surface area (Å²) in [7, 11) is 0. The predicted molar refractivity (Wildman–Crippen MR) is 81.4 cm³/mol. The van der Waals surface area contributed by atoms with Gasteiger partial charge in [0, 0.05) is 13.1 Å². The van der Waals surface area contributed by atoms with E-state index >= 15 is 0 Å². The zero-order chi connectivity index (χ0) is 14.3. The van der Waals surface area contributed by atoms with Crippen LogP contribution in [0.4, 0.5) is 15.8 Å². The van der Waals surface area contributed by atoms with Gasteiger partial charge in [0.1, 0.15) is 5.69 Å². The molecule has 20 heavy (non-hydrogen) atoms. The van der Waals surface area contributed by atoms with Crippen molar-refractivity contribution in [3.05, 3.63) is 31.7 Å². The first-order valence-electron chi connectivity index (χ1n) is 6.16. The van der Waals surface area contributed by atoms with E-state index < -0.39 is 5.82 Å². The highest BCUT2D eigenvalue weighted by Gasteiger charge is 2.12. The topological polar surface area (TPSA) is 48.2 Å². The zero-order valence-electron chi connectivity index (χ0n) is 10.5. The Labute approximate surface area is 128 Å². The smallest absolute Gasteiger partial charge is 0.207 e. The van der Waals surface area contributed by atoms with Crippen molar-refractivity contribution in [1.82, 2.24) is 9.36 Å². The van der Waals surface area contributed by atoms with Gasteiger partial charge >= 0.3 is 0 Å². The molecule has 0 saturated carbocycles. The van der Waals surface area contributed by atoms with E-state index in [0.717, 1.165) is 29.9 Å². The highest BCUT2D eigenvalue weighted by molar-refractivity contribution is 7.73. The van der Waals surface area contributed by atoms with Crippen LogP contribution in [-0.4, -0.2) is 9.36 Å². The third kappa shape index (κ3) is 2.41. The first kappa shape index (κ1) is 13.8. The highest BCUT2D eigenvalue weighted by atomic mass is 35.5. The molecule has 3 rings (SSSR count). The molecule has 0 amide bonds. The van der Waals surface area contributed by atoms with E-state index in [0.29, 0.717) is 10.5 Å². The van der Waals surface area contributed by atoms with Crippen molar-refractivity contribution >= 4 is 46.5 Å². The molecule has 2 N–H and O–H groups in total. The van der Waals surface area contributed by atoms with Crippen LogP contribution in [0.1, 0.15) is 12.8 Å². The average molecular weight is 331 g/mol. The van der Waals surface area contributed by atoms with Crippen molar-refractivity contribution < 1.29 is 4.39 Å². The molecular formula is C12H12ClFN4S2. The van der Waals surface area contributed by atoms with E-state index in [-0.39, 0.29) is 10.7 Å². The largest absolute Gasteiger partial charge is 0.397 e. The summed E-state index contributed by atoms with van der Waals surface area (Å²) in [6, 6.07) is 2.63. The summed E-state index contributed by atoms with van der Waals surface area (Å²) in [6.07, 6.45) is 2.18. The van der Waals surface area contributed by atoms with Crippen molar-refractivity contribution in [1.29, 1.82) is 0 Å². The molecule has 1 aliphatic heterocycles. The fraction of sp³-hybridized carbons (Fsp3) is 0.333. The second kappa shape index (κ2) is 5.31. The Balaban J connectivity index is 2.19. The lowest BCUT2D eigenvalue weighted by Gasteiger charge is -2.16. The molecule has 2 aromatic rings. The van der Waals surface area contributed by atoms with Crippen molar-refractivity contribution in [3.63, 3.8) is 0 Å². The number of halogens is 2. The van der Waals surface area contributed by atoms with Crippen LogP contribution in [-0.2, 0) is 13.1 Å². The molecule has 1 aromatic carbocycles. The second-order valence-corrected chi connectivity index (χ2v) is 6.55. The number of hydrogen-bond acceptors (Lipinski definition) is 4. The van der Waals surface area contributed by atoms with Crippen LogP contribution >= 0.6 is 35.2 Å². The zero-order valence-corrected chi connectivity index (χ0v) is 12.9. The molecule has 0 unspecified atom stereocenters. The Morgan fingerprint density at radius 2 is 2.00 bits per heavy atom. The van der Waals surface area contributed by atoms with E-state index in [2.05, 4.69) is 4.99 Å². The molecule has 0 fully saturated rings. The maximum Gasteiger partial charge on any atom is 0.207 e. The van der Waals surface area contributed by atoms with Gasteiger partial charge in [-0.25, -0.2) is 9.38 Å². The number of hydrogen-bond donors (Lipinski definition) is 1. The Kier molecular flexibility index (Phi) is 3.66. The number of rotatable bonds is 1. The van der Waals surface area contributed by atoms with Crippen molar-refractivity contribution in [2.75, 3.05) is 5.73 Å². The number of fused-ring (bicyclic) bond motifs is 1. The fourth-order valence-electron chi connectivity index (χ4n) is 2.16. The summed E-state index contributed by atoms with van der Waals surface area (Å²) in [5, 5.41) is 0.195. The van der Waals surface area contributed by atoms with Crippen LogP contribution in [0.25, 0.3) is 0 Å². The van der Waals surface area contributed by atoms with Crippen LogP contribution in [0.15, 0.2) is 17.1 Å². The first-order valence-corrected chi connectivity index (χ1v) is 7.76. The molecule has 8 heteroatoms. The maximum absolute atomic E-state index is 13.9. The lowest BCUT2D eigenvalue weighted by Crippen LogP contribution is -2.27. The van der Waals surface area contributed by atoms with E-state index in [4.69, 9.17) is 29.6 Å². The van der Waals surface area contributed by atoms with Gasteiger partial charge < -0.3 is 5.73 Å². The molecule has 1 aromatic heterocycles. The van der Waals surface area contributed by atoms with Gasteiger partial charge in [-0.2, -0.15) is 0 Å². The second-order valence-electron chi connectivity index (χ2n) is 4.54. The number of nitrogens with zero attached hydrogens (tertiary/aromatic N) is 3. The monoisotopic (exact) mass is 330 g/mol. The summed E-state index contributed by atoms with van der Waals surface area (Å²) < 4.78 is 18.7. The van der Waals surface area contributed by atoms with Gasteiger partial charge in [-0.15, -0.1) is 0 Å². The van der Waals surface area contributed by atoms with Gasteiger partial charge in [-0.3, -0.25) is 9.36 Å². The Morgan fingerprint density at radius 1 is 1.30 bits per heavy atom. The number of anilines is 1. The number of nitrogens with two attached hydrogens (primary N) is 1. The molecule has 4 nitrogen and oxygen atoms in total. The predicted octanol–water partition coefficient (Wildman–Crippen LogP) is 3.48. The SMILES string of the molecule is Nc1cc(N=c2sc(=S)n3n2CCCC3)c(F)cc1Cl. The molecule has 0 bridgehead atoms. The van der Waals surface area contributed by atoms with Crippen LogP contribution in [0.3, 0.4) is 0 Å². The van der Waals surface area contributed by atoms with E-state index in [1.807, 2.05) is 9.36 Å². The van der Waals surface area contributed by atoms with E-state index in [1.165, 1.54) is 23.5 Å². The van der Waals surface area contributed by atoms with Gasteiger partial charge in [-0.1, -0.05) is 22.9 Å². The minimum absolute atomic E-state index is 0.185. The van der Waals surface area contributed by atoms with Gasteiger partial charge in [0.2, 0.25) is 4.80 Å². The maximum atomic E-state index is 13.9. The van der Waals surface area contributed by atoms with Gasteiger partial charge in [0.25, 0.3) is 0 Å². The molecule has 1 aliphatic rings. The molecule has 0 saturated heterocycles. The van der Waals surface area contributed by atoms with Gasteiger partial charge in [-0.05, 0) is 37.2 Å². The van der Waals surface area contributed by atoms with Crippen LogP contribution < -0.4 is 10.5 Å². The van der Waals surface area contributed by atoms with Crippen LogP contribution in [0, 0.1) is 9.77 Å². The van der Waals surface area contributed by atoms with Gasteiger partial charge in [0.15, 0.2) is 9.77 Å². The quantitative estimate of drug-likeness (QED) is 0.643. The minimum atomic E-state index is -0.487. The summed E-state index contributed by atoms with van der Waals surface area (Å²) in [4.78, 5) is 5.05. The Hall–Kier alpha value is -1.18. The van der Waals surface area contributed by atoms with Crippen molar-refractivity contribution in [2.45, 2.75) is 25.9 Å². The highest BCUT2D eigenvalue weighted by Crippen LogP contribution is 2.27. The van der Waals surface area contributed by atoms with Crippen LogP contribution in [0.5, 0.6) is 0 Å². The molecule has 0 radical (unpaired) electrons. The van der Waals surface area contributed by atoms with Crippen molar-refractivity contribution in [3.8, 4) is 0 Å². The normalized spacial score (nSPS) is 15.4. The Bertz CT molecular complexity index is 790. The Morgan fingerprint density at radius 3 is 2.75 bits per heavy atom. The number of nitrogen functional groups attached to an aromatic ring is 1. The van der Waals surface area contributed by atoms with E-state index in [1.54, 1.807) is 0 Å². The standard InChI is InChI=1S/C12H12ClFN4S2/c13-7-5-8(14)10(6-9(7)15)16-11-17-3-1-2-4-18(17)12(19)20-11/h5-6H,1-4,15H2. The van der Waals surface area contributed by atoms with Crippen LogP contribution in [0.2, 0.25) is 5.02 Å². The molecule has 2 heterocycles. The number of benzene rings is 1. The average Bonchev–Trinajstić information content (AvgIpc) is 2.74. The summed E-state index contributed by atoms with van der Waals surface area (Å²) in [6.45, 7) is 1.73. The molecule has 106 valence electrons. The lowest BCUT2D eigenvalue weighted by molar-refractivity contribution is 0.350. The molecular weight excluding hydrogens is 319 g/mol. The molecule has 0 atom stereocenters. The molecule has 0 aliphatic carbocycles. The first-order chi connectivity index (χ1) is 9.56. The third-order valence-corrected chi connectivity index (χ3v) is 4.83. The summed E-state index contributed by atoms with van der Waals surface area (Å²) >= 11 is 12.5. The number of aromatic nitrogens is 2.